The maximum atomic E-state index is 2.42. The quantitative estimate of drug-likeness (QED) is 0.131. The zero-order valence-corrected chi connectivity index (χ0v) is 40.6. The standard InChI is InChI=1S/C72H48N2/c1-4-20-52(21-5-1)70-65-31-13-12-30-63(65)64-46-41-55(48-67(64)71(70)53-22-6-2-7-23-53)54-25-16-28-59(47-54)73(57-42-37-50(38-43-57)61-33-17-24-49-19-10-11-29-60(49)61)58-44-39-51(40-45-58)62-34-18-36-69-72(62)66-32-14-15-35-68(66)74(69)56-26-8-3-9-27-56/h1-48H. The van der Waals surface area contributed by atoms with E-state index in [1.165, 1.54) is 98.6 Å². The van der Waals surface area contributed by atoms with Crippen molar-refractivity contribution in [2.75, 3.05) is 4.90 Å². The van der Waals surface area contributed by atoms with Gasteiger partial charge in [0.2, 0.25) is 0 Å². The molecule has 14 rings (SSSR count). The highest BCUT2D eigenvalue weighted by molar-refractivity contribution is 6.22. The molecule has 0 aliphatic carbocycles. The Kier molecular flexibility index (Phi) is 10.6. The summed E-state index contributed by atoms with van der Waals surface area (Å²) in [4.78, 5) is 2.40. The fraction of sp³-hybridized carbons (Fsp3) is 0. The van der Waals surface area contributed by atoms with Gasteiger partial charge in [-0.1, -0.05) is 224 Å². The van der Waals surface area contributed by atoms with E-state index in [-0.39, 0.29) is 0 Å². The molecule has 2 nitrogen and oxygen atoms in total. The molecule has 0 saturated carbocycles. The fourth-order valence-corrected chi connectivity index (χ4v) is 11.6. The molecule has 1 aromatic heterocycles. The van der Waals surface area contributed by atoms with E-state index >= 15 is 0 Å². The van der Waals surface area contributed by atoms with Gasteiger partial charge in [-0.25, -0.2) is 0 Å². The lowest BCUT2D eigenvalue weighted by molar-refractivity contribution is 1.18. The van der Waals surface area contributed by atoms with Gasteiger partial charge in [-0.15, -0.1) is 0 Å². The van der Waals surface area contributed by atoms with Crippen LogP contribution in [0.5, 0.6) is 0 Å². The molecule has 0 aliphatic heterocycles. The minimum absolute atomic E-state index is 1.08. The first-order valence-electron chi connectivity index (χ1n) is 25.5. The topological polar surface area (TPSA) is 8.17 Å². The predicted molar refractivity (Wildman–Crippen MR) is 315 cm³/mol. The second-order valence-electron chi connectivity index (χ2n) is 19.2. The van der Waals surface area contributed by atoms with E-state index in [1.54, 1.807) is 0 Å². The normalized spacial score (nSPS) is 11.5. The van der Waals surface area contributed by atoms with Gasteiger partial charge in [-0.3, -0.25) is 0 Å². The van der Waals surface area contributed by atoms with Crippen LogP contribution in [0.2, 0.25) is 0 Å². The summed E-state index contributed by atoms with van der Waals surface area (Å²) in [6, 6.07) is 106. The Morgan fingerprint density at radius 2 is 0.716 bits per heavy atom. The van der Waals surface area contributed by atoms with E-state index in [1.807, 2.05) is 0 Å². The van der Waals surface area contributed by atoms with Gasteiger partial charge in [0.15, 0.2) is 0 Å². The average Bonchev–Trinajstić information content (AvgIpc) is 3.83. The van der Waals surface area contributed by atoms with Crippen molar-refractivity contribution in [1.82, 2.24) is 4.57 Å². The molecule has 0 fully saturated rings. The molecule has 74 heavy (non-hydrogen) atoms. The molecule has 0 N–H and O–H groups in total. The van der Waals surface area contributed by atoms with Crippen LogP contribution in [0.1, 0.15) is 0 Å². The third-order valence-electron chi connectivity index (χ3n) is 15.0. The second kappa shape index (κ2) is 18.1. The van der Waals surface area contributed by atoms with Crippen LogP contribution in [0.25, 0.3) is 115 Å². The Hall–Kier alpha value is -9.76. The molecule has 0 radical (unpaired) electrons. The van der Waals surface area contributed by atoms with E-state index < -0.39 is 0 Å². The first-order chi connectivity index (χ1) is 36.7. The lowest BCUT2D eigenvalue weighted by atomic mass is 9.84. The molecule has 346 valence electrons. The van der Waals surface area contributed by atoms with Crippen molar-refractivity contribution in [2.45, 2.75) is 0 Å². The molecule has 0 aliphatic rings. The number of benzene rings is 13. The molecular weight excluding hydrogens is 893 g/mol. The number of nitrogens with zero attached hydrogens (tertiary/aromatic N) is 2. The molecule has 2 heteroatoms. The van der Waals surface area contributed by atoms with Gasteiger partial charge in [0, 0.05) is 33.5 Å². The zero-order chi connectivity index (χ0) is 49.0. The van der Waals surface area contributed by atoms with E-state index in [0.29, 0.717) is 0 Å². The summed E-state index contributed by atoms with van der Waals surface area (Å²) < 4.78 is 2.39. The molecule has 14 aromatic rings. The lowest BCUT2D eigenvalue weighted by Crippen LogP contribution is -2.10. The number of fused-ring (bicyclic) bond motifs is 7. The van der Waals surface area contributed by atoms with Crippen LogP contribution in [-0.2, 0) is 0 Å². The van der Waals surface area contributed by atoms with E-state index in [2.05, 4.69) is 301 Å². The molecular formula is C72H48N2. The minimum atomic E-state index is 1.08. The zero-order valence-electron chi connectivity index (χ0n) is 40.6. The predicted octanol–water partition coefficient (Wildman–Crippen LogP) is 20.0. The number of rotatable bonds is 9. The molecule has 0 amide bonds. The highest BCUT2D eigenvalue weighted by Crippen LogP contribution is 2.47. The number of hydrogen-bond donors (Lipinski definition) is 0. The van der Waals surface area contributed by atoms with Crippen molar-refractivity contribution in [2.24, 2.45) is 0 Å². The van der Waals surface area contributed by atoms with Crippen LogP contribution in [0.3, 0.4) is 0 Å². The number of anilines is 3. The summed E-state index contributed by atoms with van der Waals surface area (Å²) in [7, 11) is 0. The Morgan fingerprint density at radius 3 is 1.43 bits per heavy atom. The van der Waals surface area contributed by atoms with E-state index in [0.717, 1.165) is 33.9 Å². The van der Waals surface area contributed by atoms with E-state index in [9.17, 15) is 0 Å². The highest BCUT2D eigenvalue weighted by atomic mass is 15.1. The van der Waals surface area contributed by atoms with Crippen LogP contribution < -0.4 is 4.90 Å². The smallest absolute Gasteiger partial charge is 0.0547 e. The van der Waals surface area contributed by atoms with Gasteiger partial charge in [-0.05, 0) is 155 Å². The maximum Gasteiger partial charge on any atom is 0.0547 e. The SMILES string of the molecule is c1ccc(-c2c(-c3ccccc3)c3cc(-c4cccc(N(c5ccc(-c6cccc7ccccc67)cc5)c5ccc(-c6cccc7c6c6ccccc6n7-c6ccccc6)cc5)c4)ccc3c3ccccc23)cc1. The van der Waals surface area contributed by atoms with Crippen molar-refractivity contribution in [3.05, 3.63) is 291 Å². The summed E-state index contributed by atoms with van der Waals surface area (Å²) >= 11 is 0. The van der Waals surface area contributed by atoms with Crippen LogP contribution in [0, 0.1) is 0 Å². The third-order valence-corrected chi connectivity index (χ3v) is 15.0. The third kappa shape index (κ3) is 7.35. The first kappa shape index (κ1) is 43.1. The molecule has 13 aromatic carbocycles. The summed E-state index contributed by atoms with van der Waals surface area (Å²) in [6.07, 6.45) is 0. The molecule has 0 unspecified atom stereocenters. The van der Waals surface area contributed by atoms with E-state index in [4.69, 9.17) is 0 Å². The molecule has 0 bridgehead atoms. The minimum Gasteiger partial charge on any atom is -0.310 e. The molecule has 0 saturated heterocycles. The van der Waals surface area contributed by atoms with Crippen molar-refractivity contribution in [3.63, 3.8) is 0 Å². The van der Waals surface area contributed by atoms with Crippen LogP contribution >= 0.6 is 0 Å². The van der Waals surface area contributed by atoms with Gasteiger partial charge >= 0.3 is 0 Å². The monoisotopic (exact) mass is 940 g/mol. The van der Waals surface area contributed by atoms with Crippen molar-refractivity contribution in [1.29, 1.82) is 0 Å². The lowest BCUT2D eigenvalue weighted by Gasteiger charge is -2.26. The van der Waals surface area contributed by atoms with Crippen LogP contribution in [0.15, 0.2) is 291 Å². The molecule has 0 spiro atoms. The van der Waals surface area contributed by atoms with Crippen LogP contribution in [0.4, 0.5) is 17.1 Å². The number of hydrogen-bond acceptors (Lipinski definition) is 1. The second-order valence-corrected chi connectivity index (χ2v) is 19.2. The van der Waals surface area contributed by atoms with Crippen molar-refractivity contribution >= 4 is 71.2 Å². The van der Waals surface area contributed by atoms with Gasteiger partial charge in [0.05, 0.1) is 11.0 Å². The summed E-state index contributed by atoms with van der Waals surface area (Å²) in [6.45, 7) is 0. The highest BCUT2D eigenvalue weighted by Gasteiger charge is 2.21. The fourth-order valence-electron chi connectivity index (χ4n) is 11.6. The Labute approximate surface area is 430 Å². The first-order valence-corrected chi connectivity index (χ1v) is 25.5. The van der Waals surface area contributed by atoms with Gasteiger partial charge in [0.25, 0.3) is 0 Å². The molecule has 0 atom stereocenters. The molecule has 1 heterocycles. The Bertz CT molecular complexity index is 4380. The van der Waals surface area contributed by atoms with Gasteiger partial charge < -0.3 is 9.47 Å². The van der Waals surface area contributed by atoms with Crippen molar-refractivity contribution < 1.29 is 0 Å². The summed E-state index contributed by atoms with van der Waals surface area (Å²) in [5.41, 5.74) is 18.8. The number of aromatic nitrogens is 1. The Balaban J connectivity index is 0.923. The number of para-hydroxylation sites is 2. The summed E-state index contributed by atoms with van der Waals surface area (Å²) in [5.74, 6) is 0. The Morgan fingerprint density at radius 1 is 0.243 bits per heavy atom. The largest absolute Gasteiger partial charge is 0.310 e. The van der Waals surface area contributed by atoms with Crippen LogP contribution in [-0.4, -0.2) is 4.57 Å². The van der Waals surface area contributed by atoms with Crippen molar-refractivity contribution in [3.8, 4) is 61.3 Å². The van der Waals surface area contributed by atoms with Gasteiger partial charge in [0.1, 0.15) is 0 Å². The summed E-state index contributed by atoms with van der Waals surface area (Å²) in [5, 5.41) is 9.96. The maximum absolute atomic E-state index is 2.42. The van der Waals surface area contributed by atoms with Gasteiger partial charge in [-0.2, -0.15) is 0 Å². The average molecular weight is 941 g/mol.